The van der Waals surface area contributed by atoms with Gasteiger partial charge in [-0.3, -0.25) is 14.6 Å². The number of carbonyl (C=O) groups is 2. The molecule has 2 amide bonds. The highest BCUT2D eigenvalue weighted by Gasteiger charge is 2.42. The fourth-order valence-electron chi connectivity index (χ4n) is 3.99. The predicted molar refractivity (Wildman–Crippen MR) is 136 cm³/mol. The molecule has 2 heterocycles. The average molecular weight is 469 g/mol. The van der Waals surface area contributed by atoms with E-state index < -0.39 is 11.3 Å². The molecule has 0 radical (unpaired) electrons. The molecule has 1 N–H and O–H groups in total. The zero-order chi connectivity index (χ0) is 23.5. The lowest BCUT2D eigenvalue weighted by atomic mass is 10.1. The van der Waals surface area contributed by atoms with Crippen LogP contribution in [-0.2, 0) is 22.6 Å². The summed E-state index contributed by atoms with van der Waals surface area (Å²) in [6.07, 6.45) is 0.521. The number of hydrogen-bond donors (Lipinski definition) is 1. The van der Waals surface area contributed by atoms with Gasteiger partial charge in [-0.05, 0) is 30.2 Å². The van der Waals surface area contributed by atoms with Gasteiger partial charge in [0.25, 0.3) is 5.91 Å². The van der Waals surface area contributed by atoms with E-state index in [4.69, 9.17) is 9.98 Å². The van der Waals surface area contributed by atoms with Gasteiger partial charge >= 0.3 is 0 Å². The van der Waals surface area contributed by atoms with Gasteiger partial charge in [0.15, 0.2) is 5.17 Å². The molecule has 0 fully saturated rings. The average Bonchev–Trinajstić information content (AvgIpc) is 3.20. The Hall–Kier alpha value is -3.71. The molecule has 5 rings (SSSR count). The number of benzene rings is 3. The number of thioether (sulfide) groups is 1. The number of nitrogens with one attached hydrogen (secondary N) is 1. The van der Waals surface area contributed by atoms with E-state index in [2.05, 4.69) is 5.32 Å². The Morgan fingerprint density at radius 2 is 1.62 bits per heavy atom. The number of aliphatic imine (C=N–C) groups is 2. The van der Waals surface area contributed by atoms with Gasteiger partial charge in [-0.25, -0.2) is 9.89 Å². The summed E-state index contributed by atoms with van der Waals surface area (Å²) in [7, 11) is 0. The third kappa shape index (κ3) is 4.52. The van der Waals surface area contributed by atoms with Gasteiger partial charge < -0.3 is 5.32 Å². The normalized spacial score (nSPS) is 17.4. The molecule has 2 aliphatic rings. The molecule has 7 heteroatoms. The molecule has 170 valence electrons. The minimum Gasteiger partial charge on any atom is -0.351 e. The van der Waals surface area contributed by atoms with Crippen molar-refractivity contribution in [3.8, 4) is 0 Å². The van der Waals surface area contributed by atoms with Crippen molar-refractivity contribution in [1.29, 1.82) is 0 Å². The minimum atomic E-state index is -0.517. The van der Waals surface area contributed by atoms with E-state index in [-0.39, 0.29) is 11.8 Å². The first-order valence-corrected chi connectivity index (χ1v) is 12.1. The Kier molecular flexibility index (Phi) is 6.27. The van der Waals surface area contributed by atoms with Crippen LogP contribution in [0.1, 0.15) is 23.6 Å². The van der Waals surface area contributed by atoms with E-state index in [1.165, 1.54) is 11.8 Å². The molecule has 0 saturated heterocycles. The monoisotopic (exact) mass is 468 g/mol. The van der Waals surface area contributed by atoms with E-state index >= 15 is 0 Å². The molecular formula is C27H24N4O2S. The number of para-hydroxylation sites is 1. The Morgan fingerprint density at radius 3 is 2.35 bits per heavy atom. The molecule has 2 unspecified atom stereocenters. The van der Waals surface area contributed by atoms with Crippen molar-refractivity contribution < 1.29 is 9.59 Å². The van der Waals surface area contributed by atoms with Crippen LogP contribution in [-0.4, -0.2) is 39.0 Å². The molecule has 2 aliphatic heterocycles. The molecular weight excluding hydrogens is 444 g/mol. The summed E-state index contributed by atoms with van der Waals surface area (Å²) in [5, 5.41) is 3.02. The number of amides is 2. The topological polar surface area (TPSA) is 74.1 Å². The van der Waals surface area contributed by atoms with Gasteiger partial charge in [0.2, 0.25) is 5.91 Å². The smallest absolute Gasteiger partial charge is 0.259 e. The molecule has 3 aromatic carbocycles. The first-order valence-electron chi connectivity index (χ1n) is 11.2. The summed E-state index contributed by atoms with van der Waals surface area (Å²) in [4.78, 5) is 37.4. The molecule has 2 atom stereocenters. The number of hydrogen-bond acceptors (Lipinski definition) is 5. The van der Waals surface area contributed by atoms with Crippen molar-refractivity contribution >= 4 is 40.3 Å². The standard InChI is InChI=1S/C27H24N4O2S/c1-18(25(32)28-17-20-12-6-3-7-13-20)34-27-30-22-15-9-8-14-21(22)24-29-23(26(33)31(24)27)16-19-10-4-2-5-11-19/h2-15,18,23H,16-17H2,1H3,(H,28,32). The van der Waals surface area contributed by atoms with Gasteiger partial charge in [0.05, 0.1) is 10.9 Å². The molecule has 0 aromatic heterocycles. The fourth-order valence-corrected chi connectivity index (χ4v) is 4.93. The van der Waals surface area contributed by atoms with Gasteiger partial charge in [0.1, 0.15) is 11.9 Å². The lowest BCUT2D eigenvalue weighted by Crippen LogP contribution is -2.43. The summed E-state index contributed by atoms with van der Waals surface area (Å²) in [6, 6.07) is 26.8. The maximum absolute atomic E-state index is 13.4. The third-order valence-electron chi connectivity index (χ3n) is 5.78. The van der Waals surface area contributed by atoms with Crippen LogP contribution in [0.25, 0.3) is 0 Å². The number of fused-ring (bicyclic) bond motifs is 3. The Balaban J connectivity index is 1.36. The highest BCUT2D eigenvalue weighted by atomic mass is 32.2. The lowest BCUT2D eigenvalue weighted by molar-refractivity contribution is -0.124. The molecule has 0 aliphatic carbocycles. The van der Waals surface area contributed by atoms with E-state index in [1.807, 2.05) is 91.9 Å². The maximum atomic E-state index is 13.4. The number of carbonyl (C=O) groups excluding carboxylic acids is 2. The molecule has 0 bridgehead atoms. The zero-order valence-corrected chi connectivity index (χ0v) is 19.5. The number of rotatable bonds is 6. The molecule has 0 spiro atoms. The van der Waals surface area contributed by atoms with Crippen LogP contribution >= 0.6 is 11.8 Å². The largest absolute Gasteiger partial charge is 0.351 e. The van der Waals surface area contributed by atoms with Gasteiger partial charge in [-0.2, -0.15) is 0 Å². The van der Waals surface area contributed by atoms with Gasteiger partial charge in [-0.15, -0.1) is 0 Å². The molecule has 6 nitrogen and oxygen atoms in total. The van der Waals surface area contributed by atoms with Crippen LogP contribution in [0.2, 0.25) is 0 Å². The van der Waals surface area contributed by atoms with Crippen molar-refractivity contribution in [2.24, 2.45) is 9.98 Å². The minimum absolute atomic E-state index is 0.110. The van der Waals surface area contributed by atoms with Crippen molar-refractivity contribution in [1.82, 2.24) is 10.2 Å². The van der Waals surface area contributed by atoms with Crippen LogP contribution in [0.4, 0.5) is 5.69 Å². The Morgan fingerprint density at radius 1 is 0.971 bits per heavy atom. The number of amidine groups is 2. The summed E-state index contributed by atoms with van der Waals surface area (Å²) < 4.78 is 0. The molecule has 34 heavy (non-hydrogen) atoms. The Bertz CT molecular complexity index is 1270. The third-order valence-corrected chi connectivity index (χ3v) is 6.83. The molecule has 3 aromatic rings. The molecule has 0 saturated carbocycles. The van der Waals surface area contributed by atoms with E-state index in [0.29, 0.717) is 24.0 Å². The summed E-state index contributed by atoms with van der Waals surface area (Å²) in [6.45, 7) is 2.28. The van der Waals surface area contributed by atoms with Crippen LogP contribution in [0.15, 0.2) is 94.9 Å². The van der Waals surface area contributed by atoms with Crippen molar-refractivity contribution in [3.63, 3.8) is 0 Å². The van der Waals surface area contributed by atoms with Gasteiger partial charge in [0, 0.05) is 18.5 Å². The SMILES string of the molecule is CC(SC1=Nc2ccccc2C2=NC(Cc3ccccc3)C(=O)N12)C(=O)NCc1ccccc1. The van der Waals surface area contributed by atoms with E-state index in [0.717, 1.165) is 22.4 Å². The highest BCUT2D eigenvalue weighted by Crippen LogP contribution is 2.35. The first kappa shape index (κ1) is 22.1. The maximum Gasteiger partial charge on any atom is 0.259 e. The first-order chi connectivity index (χ1) is 16.6. The summed E-state index contributed by atoms with van der Waals surface area (Å²) >= 11 is 1.28. The second-order valence-corrected chi connectivity index (χ2v) is 9.51. The van der Waals surface area contributed by atoms with Crippen LogP contribution < -0.4 is 5.32 Å². The quantitative estimate of drug-likeness (QED) is 0.585. The Labute approximate surface area is 202 Å². The second kappa shape index (κ2) is 9.65. The van der Waals surface area contributed by atoms with Gasteiger partial charge in [-0.1, -0.05) is 84.6 Å². The predicted octanol–water partition coefficient (Wildman–Crippen LogP) is 4.33. The zero-order valence-electron chi connectivity index (χ0n) is 18.7. The fraction of sp³-hybridized carbons (Fsp3) is 0.185. The van der Waals surface area contributed by atoms with Crippen LogP contribution in [0.5, 0.6) is 0 Å². The van der Waals surface area contributed by atoms with Crippen molar-refractivity contribution in [3.05, 3.63) is 102 Å². The second-order valence-electron chi connectivity index (χ2n) is 8.21. The van der Waals surface area contributed by atoms with Crippen LogP contribution in [0.3, 0.4) is 0 Å². The number of nitrogens with zero attached hydrogens (tertiary/aromatic N) is 3. The van der Waals surface area contributed by atoms with E-state index in [1.54, 1.807) is 4.90 Å². The summed E-state index contributed by atoms with van der Waals surface area (Å²) in [5.74, 6) is 0.383. The van der Waals surface area contributed by atoms with Crippen LogP contribution in [0, 0.1) is 0 Å². The highest BCUT2D eigenvalue weighted by molar-refractivity contribution is 8.15. The van der Waals surface area contributed by atoms with Crippen molar-refractivity contribution in [2.75, 3.05) is 0 Å². The lowest BCUT2D eigenvalue weighted by Gasteiger charge is -2.27. The van der Waals surface area contributed by atoms with E-state index in [9.17, 15) is 9.59 Å². The van der Waals surface area contributed by atoms with Crippen molar-refractivity contribution in [2.45, 2.75) is 31.2 Å². The summed E-state index contributed by atoms with van der Waals surface area (Å²) in [5.41, 5.74) is 3.67.